The first kappa shape index (κ1) is 12.4. The largest absolute Gasteiger partial charge is 0.478 e. The highest BCUT2D eigenvalue weighted by Crippen LogP contribution is 2.09. The molecule has 0 aromatic carbocycles. The van der Waals surface area contributed by atoms with E-state index in [0.717, 1.165) is 24.3 Å². The highest BCUT2D eigenvalue weighted by Gasteiger charge is 2.08. The summed E-state index contributed by atoms with van der Waals surface area (Å²) < 4.78 is 4.98. The fourth-order valence-corrected chi connectivity index (χ4v) is 2.76. The molecule has 0 rings (SSSR count). The lowest BCUT2D eigenvalue weighted by Gasteiger charge is -2.07. The maximum absolute atomic E-state index is 10.7. The second kappa shape index (κ2) is 6.86. The van der Waals surface area contributed by atoms with Gasteiger partial charge in [-0.1, -0.05) is 18.5 Å². The van der Waals surface area contributed by atoms with Crippen molar-refractivity contribution in [2.45, 2.75) is 26.7 Å². The summed E-state index contributed by atoms with van der Waals surface area (Å²) in [6.07, 6.45) is 2.66. The van der Waals surface area contributed by atoms with Gasteiger partial charge in [0.2, 0.25) is 0 Å². The van der Waals surface area contributed by atoms with E-state index in [1.54, 1.807) is 14.0 Å². The first-order valence-electron chi connectivity index (χ1n) is 4.54. The number of methoxy groups -OCH3 is 1. The van der Waals surface area contributed by atoms with E-state index in [0.29, 0.717) is 5.57 Å². The standard InChI is InChI=1S/C9H18O3Si/c1-4-5-8(13-6-12-3)7(2)9(10)11/h4-6,13H2,1-3H3,(H,10,11)/b8-7+. The van der Waals surface area contributed by atoms with Gasteiger partial charge in [0.25, 0.3) is 0 Å². The minimum Gasteiger partial charge on any atom is -0.478 e. The van der Waals surface area contributed by atoms with Gasteiger partial charge in [-0.2, -0.15) is 0 Å². The number of carbonyl (C=O) groups is 1. The minimum absolute atomic E-state index is 0.499. The average molecular weight is 202 g/mol. The van der Waals surface area contributed by atoms with E-state index in [-0.39, 0.29) is 0 Å². The molecule has 0 aliphatic heterocycles. The minimum atomic E-state index is -0.785. The zero-order chi connectivity index (χ0) is 10.3. The third-order valence-corrected chi connectivity index (χ3v) is 4.11. The quantitative estimate of drug-likeness (QED) is 0.514. The molecule has 0 bridgehead atoms. The van der Waals surface area contributed by atoms with Crippen molar-refractivity contribution in [3.63, 3.8) is 0 Å². The highest BCUT2D eigenvalue weighted by atomic mass is 28.2. The van der Waals surface area contributed by atoms with Gasteiger partial charge in [0.15, 0.2) is 0 Å². The van der Waals surface area contributed by atoms with Crippen LogP contribution in [0.3, 0.4) is 0 Å². The van der Waals surface area contributed by atoms with Crippen molar-refractivity contribution in [1.29, 1.82) is 0 Å². The average Bonchev–Trinajstić information content (AvgIpc) is 2.11. The van der Waals surface area contributed by atoms with Crippen LogP contribution >= 0.6 is 0 Å². The Bertz CT molecular complexity index is 199. The van der Waals surface area contributed by atoms with Gasteiger partial charge in [-0.3, -0.25) is 0 Å². The van der Waals surface area contributed by atoms with Crippen LogP contribution in [0.1, 0.15) is 26.7 Å². The molecule has 0 aliphatic rings. The van der Waals surface area contributed by atoms with Crippen molar-refractivity contribution >= 4 is 15.5 Å². The van der Waals surface area contributed by atoms with E-state index < -0.39 is 15.5 Å². The van der Waals surface area contributed by atoms with Crippen molar-refractivity contribution in [3.8, 4) is 0 Å². The molecule has 0 spiro atoms. The Morgan fingerprint density at radius 1 is 1.54 bits per heavy atom. The number of allylic oxidation sites excluding steroid dienone is 1. The molecule has 0 aromatic heterocycles. The Hall–Kier alpha value is -0.613. The molecule has 0 aromatic rings. The third-order valence-electron chi connectivity index (χ3n) is 2.01. The smallest absolute Gasteiger partial charge is 0.330 e. The van der Waals surface area contributed by atoms with Gasteiger partial charge >= 0.3 is 5.97 Å². The van der Waals surface area contributed by atoms with Gasteiger partial charge in [0.1, 0.15) is 0 Å². The summed E-state index contributed by atoms with van der Waals surface area (Å²) in [5, 5.41) is 9.94. The molecule has 4 heteroatoms. The van der Waals surface area contributed by atoms with Crippen LogP contribution in [0.25, 0.3) is 0 Å². The molecule has 3 nitrogen and oxygen atoms in total. The molecule has 0 fully saturated rings. The van der Waals surface area contributed by atoms with E-state index in [2.05, 4.69) is 6.92 Å². The maximum atomic E-state index is 10.7. The fourth-order valence-electron chi connectivity index (χ4n) is 1.18. The molecule has 0 amide bonds. The van der Waals surface area contributed by atoms with E-state index in [4.69, 9.17) is 9.84 Å². The van der Waals surface area contributed by atoms with Crippen LogP contribution < -0.4 is 0 Å². The van der Waals surface area contributed by atoms with Crippen LogP contribution in [0.4, 0.5) is 0 Å². The van der Waals surface area contributed by atoms with Gasteiger partial charge in [0, 0.05) is 18.9 Å². The Kier molecular flexibility index (Phi) is 6.53. The predicted octanol–water partition coefficient (Wildman–Crippen LogP) is 0.918. The van der Waals surface area contributed by atoms with E-state index in [1.807, 2.05) is 0 Å². The van der Waals surface area contributed by atoms with E-state index in [9.17, 15) is 4.79 Å². The number of hydrogen-bond donors (Lipinski definition) is 1. The summed E-state index contributed by atoms with van der Waals surface area (Å²) in [5.74, 6) is -0.785. The second-order valence-corrected chi connectivity index (χ2v) is 4.79. The Morgan fingerprint density at radius 2 is 2.15 bits per heavy atom. The summed E-state index contributed by atoms with van der Waals surface area (Å²) in [5.41, 5.74) is 0.533. The molecule has 1 N–H and O–H groups in total. The molecule has 0 atom stereocenters. The summed E-state index contributed by atoms with van der Waals surface area (Å²) in [7, 11) is 1.16. The summed E-state index contributed by atoms with van der Waals surface area (Å²) in [6, 6.07) is 0. The Labute approximate surface area is 81.6 Å². The summed E-state index contributed by atoms with van der Waals surface area (Å²) in [6.45, 7) is 3.76. The lowest BCUT2D eigenvalue weighted by atomic mass is 10.2. The monoisotopic (exact) mass is 202 g/mol. The molecule has 76 valence electrons. The van der Waals surface area contributed by atoms with E-state index in [1.165, 1.54) is 0 Å². The molecule has 13 heavy (non-hydrogen) atoms. The van der Waals surface area contributed by atoms with Crippen molar-refractivity contribution in [1.82, 2.24) is 0 Å². The van der Waals surface area contributed by atoms with Crippen LogP contribution in [0, 0.1) is 0 Å². The van der Waals surface area contributed by atoms with Crippen LogP contribution in [-0.4, -0.2) is 33.9 Å². The zero-order valence-corrected chi connectivity index (χ0v) is 10.0. The number of carboxylic acid groups (broad SMARTS) is 1. The van der Waals surface area contributed by atoms with Crippen LogP contribution in [0.15, 0.2) is 10.8 Å². The zero-order valence-electron chi connectivity index (χ0n) is 8.59. The normalized spacial score (nSPS) is 13.5. The number of carboxylic acids is 1. The predicted molar refractivity (Wildman–Crippen MR) is 55.7 cm³/mol. The maximum Gasteiger partial charge on any atom is 0.330 e. The lowest BCUT2D eigenvalue weighted by Crippen LogP contribution is -2.11. The third kappa shape index (κ3) is 4.85. The SMILES string of the molecule is CCC/C([SiH2]COC)=C(/C)C(=O)O. The molecule has 0 heterocycles. The first-order chi connectivity index (χ1) is 6.13. The number of rotatable bonds is 6. The Morgan fingerprint density at radius 3 is 2.54 bits per heavy atom. The number of hydrogen-bond acceptors (Lipinski definition) is 2. The number of aliphatic carboxylic acids is 1. The molecule has 0 saturated heterocycles. The van der Waals surface area contributed by atoms with Crippen molar-refractivity contribution < 1.29 is 14.6 Å². The highest BCUT2D eigenvalue weighted by molar-refractivity contribution is 6.46. The van der Waals surface area contributed by atoms with Gasteiger partial charge in [0.05, 0.1) is 9.52 Å². The molecular weight excluding hydrogens is 184 g/mol. The van der Waals surface area contributed by atoms with Crippen molar-refractivity contribution in [2.24, 2.45) is 0 Å². The van der Waals surface area contributed by atoms with Gasteiger partial charge < -0.3 is 9.84 Å². The Balaban J connectivity index is 4.37. The van der Waals surface area contributed by atoms with Crippen molar-refractivity contribution in [2.75, 3.05) is 13.3 Å². The van der Waals surface area contributed by atoms with Gasteiger partial charge in [-0.15, -0.1) is 0 Å². The molecule has 0 unspecified atom stereocenters. The van der Waals surface area contributed by atoms with Crippen molar-refractivity contribution in [3.05, 3.63) is 10.8 Å². The van der Waals surface area contributed by atoms with Crippen LogP contribution in [0.2, 0.25) is 0 Å². The molecule has 0 radical (unpaired) electrons. The fraction of sp³-hybridized carbons (Fsp3) is 0.667. The second-order valence-electron chi connectivity index (χ2n) is 3.03. The lowest BCUT2D eigenvalue weighted by molar-refractivity contribution is -0.132. The molecule has 0 saturated carbocycles. The van der Waals surface area contributed by atoms with E-state index >= 15 is 0 Å². The topological polar surface area (TPSA) is 46.5 Å². The molecular formula is C9H18O3Si. The number of ether oxygens (including phenoxy) is 1. The van der Waals surface area contributed by atoms with Gasteiger partial charge in [-0.25, -0.2) is 4.79 Å². The summed E-state index contributed by atoms with van der Waals surface area (Å²) in [4.78, 5) is 10.7. The first-order valence-corrected chi connectivity index (χ1v) is 6.25. The van der Waals surface area contributed by atoms with Crippen LogP contribution in [-0.2, 0) is 9.53 Å². The summed E-state index contributed by atoms with van der Waals surface area (Å²) >= 11 is 0. The van der Waals surface area contributed by atoms with Gasteiger partial charge in [-0.05, 0) is 13.3 Å². The molecule has 0 aliphatic carbocycles. The van der Waals surface area contributed by atoms with Crippen LogP contribution in [0.5, 0.6) is 0 Å².